The second-order valence-corrected chi connectivity index (χ2v) is 7.76. The Bertz CT molecular complexity index is 688. The van der Waals surface area contributed by atoms with Gasteiger partial charge in [0.15, 0.2) is 5.78 Å². The van der Waals surface area contributed by atoms with Crippen LogP contribution in [-0.2, 0) is 4.79 Å². The van der Waals surface area contributed by atoms with Crippen LogP contribution < -0.4 is 0 Å². The van der Waals surface area contributed by atoms with Crippen LogP contribution in [0.25, 0.3) is 12.2 Å². The van der Waals surface area contributed by atoms with Gasteiger partial charge in [-0.05, 0) is 106 Å². The predicted octanol–water partition coefficient (Wildman–Crippen LogP) is 5.73. The van der Waals surface area contributed by atoms with E-state index in [0.717, 1.165) is 35.1 Å². The van der Waals surface area contributed by atoms with Gasteiger partial charge >= 0.3 is 0 Å². The minimum Gasteiger partial charge on any atom is -0.289 e. The van der Waals surface area contributed by atoms with Gasteiger partial charge in [0.1, 0.15) is 0 Å². The van der Waals surface area contributed by atoms with Crippen LogP contribution in [0.4, 0.5) is 0 Å². The third kappa shape index (κ3) is 3.87. The maximum absolute atomic E-state index is 12.5. The Kier molecular flexibility index (Phi) is 5.13. The SMILES string of the molecule is O=C1C(=Cc2ccc(I)cc2)CCC1=Cc1ccc(I)cc1. The number of allylic oxidation sites excluding steroid dienone is 2. The first-order valence-electron chi connectivity index (χ1n) is 7.09. The Morgan fingerprint density at radius 1 is 0.682 bits per heavy atom. The zero-order chi connectivity index (χ0) is 15.5. The Balaban J connectivity index is 1.82. The van der Waals surface area contributed by atoms with E-state index in [2.05, 4.69) is 93.7 Å². The molecule has 0 aliphatic heterocycles. The van der Waals surface area contributed by atoms with Crippen LogP contribution in [0.15, 0.2) is 59.7 Å². The van der Waals surface area contributed by atoms with Crippen LogP contribution in [0.3, 0.4) is 0 Å². The van der Waals surface area contributed by atoms with Gasteiger partial charge in [-0.15, -0.1) is 0 Å². The van der Waals surface area contributed by atoms with Crippen LogP contribution >= 0.6 is 45.2 Å². The molecule has 1 fully saturated rings. The molecule has 110 valence electrons. The first kappa shape index (κ1) is 15.9. The lowest BCUT2D eigenvalue weighted by atomic mass is 10.1. The zero-order valence-electron chi connectivity index (χ0n) is 11.9. The average molecular weight is 512 g/mol. The number of rotatable bonds is 2. The number of Topliss-reactive ketones (excluding diaryl/α,β-unsaturated/α-hetero) is 1. The number of hydrogen-bond donors (Lipinski definition) is 0. The van der Waals surface area contributed by atoms with Crippen molar-refractivity contribution in [3.8, 4) is 0 Å². The highest BCUT2D eigenvalue weighted by molar-refractivity contribution is 14.1. The van der Waals surface area contributed by atoms with E-state index < -0.39 is 0 Å². The molecular formula is C19H14I2O. The van der Waals surface area contributed by atoms with Crippen molar-refractivity contribution in [1.82, 2.24) is 0 Å². The fourth-order valence-electron chi connectivity index (χ4n) is 2.50. The van der Waals surface area contributed by atoms with Crippen molar-refractivity contribution < 1.29 is 4.79 Å². The highest BCUT2D eigenvalue weighted by atomic mass is 127. The Morgan fingerprint density at radius 3 is 1.41 bits per heavy atom. The van der Waals surface area contributed by atoms with Gasteiger partial charge in [0, 0.05) is 18.3 Å². The van der Waals surface area contributed by atoms with E-state index in [1.54, 1.807) is 0 Å². The highest BCUT2D eigenvalue weighted by Crippen LogP contribution is 2.29. The fraction of sp³-hybridized carbons (Fsp3) is 0.105. The molecule has 0 spiro atoms. The lowest BCUT2D eigenvalue weighted by Crippen LogP contribution is -1.95. The molecule has 1 aliphatic rings. The summed E-state index contributed by atoms with van der Waals surface area (Å²) in [6.07, 6.45) is 5.71. The van der Waals surface area contributed by atoms with Gasteiger partial charge in [-0.3, -0.25) is 4.79 Å². The van der Waals surface area contributed by atoms with Gasteiger partial charge in [0.2, 0.25) is 0 Å². The lowest BCUT2D eigenvalue weighted by molar-refractivity contribution is -0.111. The first-order valence-corrected chi connectivity index (χ1v) is 9.24. The van der Waals surface area contributed by atoms with E-state index in [4.69, 9.17) is 0 Å². The van der Waals surface area contributed by atoms with Crippen molar-refractivity contribution in [3.05, 3.63) is 77.9 Å². The number of carbonyl (C=O) groups excluding carboxylic acids is 1. The maximum atomic E-state index is 12.5. The molecule has 0 heterocycles. The number of benzene rings is 2. The van der Waals surface area contributed by atoms with Gasteiger partial charge < -0.3 is 0 Å². The zero-order valence-corrected chi connectivity index (χ0v) is 16.2. The molecule has 0 radical (unpaired) electrons. The van der Waals surface area contributed by atoms with Crippen molar-refractivity contribution in [2.24, 2.45) is 0 Å². The topological polar surface area (TPSA) is 17.1 Å². The summed E-state index contributed by atoms with van der Waals surface area (Å²) in [6.45, 7) is 0. The Morgan fingerprint density at radius 2 is 1.05 bits per heavy atom. The molecule has 3 rings (SSSR count). The molecule has 2 aromatic carbocycles. The normalized spacial score (nSPS) is 18.4. The summed E-state index contributed by atoms with van der Waals surface area (Å²) in [4.78, 5) is 12.5. The smallest absolute Gasteiger partial charge is 0.185 e. The van der Waals surface area contributed by atoms with Gasteiger partial charge in [0.25, 0.3) is 0 Å². The molecule has 1 saturated carbocycles. The molecule has 0 unspecified atom stereocenters. The van der Waals surface area contributed by atoms with Gasteiger partial charge in [-0.2, -0.15) is 0 Å². The molecule has 3 heteroatoms. The van der Waals surface area contributed by atoms with Gasteiger partial charge in [-0.25, -0.2) is 0 Å². The molecule has 0 saturated heterocycles. The van der Waals surface area contributed by atoms with E-state index in [0.29, 0.717) is 0 Å². The second kappa shape index (κ2) is 7.08. The van der Waals surface area contributed by atoms with Crippen LogP contribution in [0.1, 0.15) is 24.0 Å². The molecule has 0 N–H and O–H groups in total. The number of carbonyl (C=O) groups is 1. The molecule has 0 aromatic heterocycles. The minimum absolute atomic E-state index is 0.192. The van der Waals surface area contributed by atoms with Crippen LogP contribution in [0.2, 0.25) is 0 Å². The van der Waals surface area contributed by atoms with Crippen LogP contribution in [0, 0.1) is 7.14 Å². The summed E-state index contributed by atoms with van der Waals surface area (Å²) < 4.78 is 2.41. The van der Waals surface area contributed by atoms with E-state index in [1.165, 1.54) is 7.14 Å². The van der Waals surface area contributed by atoms with Crippen molar-refractivity contribution in [2.45, 2.75) is 12.8 Å². The molecule has 0 bridgehead atoms. The van der Waals surface area contributed by atoms with Crippen LogP contribution in [0.5, 0.6) is 0 Å². The number of hydrogen-bond acceptors (Lipinski definition) is 1. The monoisotopic (exact) mass is 512 g/mol. The van der Waals surface area contributed by atoms with E-state index in [9.17, 15) is 4.79 Å². The molecule has 2 aromatic rings. The first-order chi connectivity index (χ1) is 10.6. The van der Waals surface area contributed by atoms with Gasteiger partial charge in [-0.1, -0.05) is 24.3 Å². The summed E-state index contributed by atoms with van der Waals surface area (Å²) in [6, 6.07) is 16.5. The van der Waals surface area contributed by atoms with Crippen molar-refractivity contribution in [1.29, 1.82) is 0 Å². The fourth-order valence-corrected chi connectivity index (χ4v) is 3.22. The van der Waals surface area contributed by atoms with E-state index in [1.807, 2.05) is 12.2 Å². The Hall–Kier alpha value is -0.950. The maximum Gasteiger partial charge on any atom is 0.185 e. The highest BCUT2D eigenvalue weighted by Gasteiger charge is 2.22. The summed E-state index contributed by atoms with van der Waals surface area (Å²) in [7, 11) is 0. The van der Waals surface area contributed by atoms with E-state index >= 15 is 0 Å². The summed E-state index contributed by atoms with van der Waals surface area (Å²) in [5, 5.41) is 0. The second-order valence-electron chi connectivity index (χ2n) is 5.27. The van der Waals surface area contributed by atoms with Gasteiger partial charge in [0.05, 0.1) is 0 Å². The van der Waals surface area contributed by atoms with Crippen molar-refractivity contribution in [2.75, 3.05) is 0 Å². The van der Waals surface area contributed by atoms with Crippen LogP contribution in [-0.4, -0.2) is 5.78 Å². The average Bonchev–Trinajstić information content (AvgIpc) is 2.85. The third-order valence-corrected chi connectivity index (χ3v) is 5.11. The van der Waals surface area contributed by atoms with Crippen molar-refractivity contribution >= 4 is 63.1 Å². The number of halogens is 2. The minimum atomic E-state index is 0.192. The largest absolute Gasteiger partial charge is 0.289 e. The summed E-state index contributed by atoms with van der Waals surface area (Å²) >= 11 is 4.57. The number of ketones is 1. The van der Waals surface area contributed by atoms with Crippen molar-refractivity contribution in [3.63, 3.8) is 0 Å². The lowest BCUT2D eigenvalue weighted by Gasteiger charge is -1.98. The molecule has 0 amide bonds. The Labute approximate surface area is 157 Å². The van der Waals surface area contributed by atoms with E-state index in [-0.39, 0.29) is 5.78 Å². The third-order valence-electron chi connectivity index (χ3n) is 3.67. The standard InChI is InChI=1S/C19H14I2O/c20-17-7-1-13(2-8-17)11-15-5-6-16(19(15)22)12-14-3-9-18(21)10-4-14/h1-4,7-12H,5-6H2. The molecule has 1 aliphatic carbocycles. The molecule has 22 heavy (non-hydrogen) atoms. The quantitative estimate of drug-likeness (QED) is 0.372. The molecular weight excluding hydrogens is 498 g/mol. The summed E-state index contributed by atoms with van der Waals surface area (Å²) in [5.74, 6) is 0.192. The predicted molar refractivity (Wildman–Crippen MR) is 109 cm³/mol. The molecule has 1 nitrogen and oxygen atoms in total. The molecule has 0 atom stereocenters. The summed E-state index contributed by atoms with van der Waals surface area (Å²) in [5.41, 5.74) is 4.02.